The van der Waals surface area contributed by atoms with E-state index < -0.39 is 0 Å². The van der Waals surface area contributed by atoms with E-state index in [1.54, 1.807) is 0 Å². The van der Waals surface area contributed by atoms with Crippen molar-refractivity contribution in [1.29, 1.82) is 0 Å². The van der Waals surface area contributed by atoms with Crippen LogP contribution in [-0.4, -0.2) is 41.4 Å². The van der Waals surface area contributed by atoms with Crippen LogP contribution in [0.2, 0.25) is 0 Å². The Hall–Kier alpha value is -1.23. The first-order chi connectivity index (χ1) is 9.22. The van der Waals surface area contributed by atoms with Crippen LogP contribution in [-0.2, 0) is 0 Å². The summed E-state index contributed by atoms with van der Waals surface area (Å²) >= 11 is 0. The van der Waals surface area contributed by atoms with E-state index in [0.29, 0.717) is 18.0 Å². The molecule has 5 nitrogen and oxygen atoms in total. The molecule has 116 valence electrons. The summed E-state index contributed by atoms with van der Waals surface area (Å²) in [6.07, 6.45) is 1.11. The summed E-state index contributed by atoms with van der Waals surface area (Å²) in [7, 11) is 4.20. The minimum Gasteiger partial charge on any atom is -0.394 e. The molecule has 0 saturated carbocycles. The number of hydrogen-bond donors (Lipinski definition) is 2. The van der Waals surface area contributed by atoms with Gasteiger partial charge in [0.1, 0.15) is 5.82 Å². The highest BCUT2D eigenvalue weighted by atomic mass is 15.4. The first kappa shape index (κ1) is 16.8. The predicted octanol–water partition coefficient (Wildman–Crippen LogP) is 2.74. The maximum absolute atomic E-state index is 6.19. The smallest absolute Gasteiger partial charge is 0.148 e. The zero-order valence-corrected chi connectivity index (χ0v) is 14.1. The van der Waals surface area contributed by atoms with Crippen LogP contribution in [0.4, 0.5) is 11.5 Å². The molecule has 5 heteroatoms. The predicted molar refractivity (Wildman–Crippen MR) is 87.2 cm³/mol. The third kappa shape index (κ3) is 4.40. The second-order valence-electron chi connectivity index (χ2n) is 6.62. The lowest BCUT2D eigenvalue weighted by Crippen LogP contribution is -2.34. The molecule has 3 N–H and O–H groups in total. The maximum Gasteiger partial charge on any atom is 0.148 e. The first-order valence-electron chi connectivity index (χ1n) is 7.48. The molecule has 0 spiro atoms. The van der Waals surface area contributed by atoms with E-state index in [1.807, 2.05) is 11.6 Å². The lowest BCUT2D eigenvalue weighted by molar-refractivity contribution is 0.354. The number of nitrogen functional groups attached to an aromatic ring is 1. The fourth-order valence-electron chi connectivity index (χ4n) is 2.46. The van der Waals surface area contributed by atoms with Crippen molar-refractivity contribution in [2.24, 2.45) is 5.92 Å². The Morgan fingerprint density at radius 1 is 1.25 bits per heavy atom. The molecule has 0 bridgehead atoms. The van der Waals surface area contributed by atoms with E-state index in [2.05, 4.69) is 57.1 Å². The molecule has 1 rings (SSSR count). The van der Waals surface area contributed by atoms with Crippen LogP contribution in [0.5, 0.6) is 0 Å². The number of rotatable bonds is 7. The largest absolute Gasteiger partial charge is 0.394 e. The van der Waals surface area contributed by atoms with Crippen LogP contribution in [0.25, 0.3) is 0 Å². The monoisotopic (exact) mass is 281 g/mol. The molecule has 0 saturated heterocycles. The summed E-state index contributed by atoms with van der Waals surface area (Å²) in [6.45, 7) is 11.7. The van der Waals surface area contributed by atoms with E-state index in [1.165, 1.54) is 0 Å². The van der Waals surface area contributed by atoms with E-state index in [-0.39, 0.29) is 0 Å². The standard InChI is InChI=1S/C15H31N5/c1-10(2)8-13(9-19(6)7)17-15-14(16)12(5)18-20(15)11(3)4/h10-11,13,17H,8-9,16H2,1-7H3. The Bertz CT molecular complexity index is 410. The van der Waals surface area contributed by atoms with E-state index in [9.17, 15) is 0 Å². The molecule has 20 heavy (non-hydrogen) atoms. The summed E-state index contributed by atoms with van der Waals surface area (Å²) in [4.78, 5) is 2.21. The van der Waals surface area contributed by atoms with Crippen LogP contribution >= 0.6 is 0 Å². The van der Waals surface area contributed by atoms with Crippen LogP contribution in [0.3, 0.4) is 0 Å². The van der Waals surface area contributed by atoms with Crippen molar-refractivity contribution in [3.63, 3.8) is 0 Å². The van der Waals surface area contributed by atoms with Gasteiger partial charge in [-0.25, -0.2) is 4.68 Å². The first-order valence-corrected chi connectivity index (χ1v) is 7.48. The lowest BCUT2D eigenvalue weighted by atomic mass is 10.0. The van der Waals surface area contributed by atoms with Crippen LogP contribution in [0, 0.1) is 12.8 Å². The van der Waals surface area contributed by atoms with Crippen molar-refractivity contribution in [3.05, 3.63) is 5.69 Å². The van der Waals surface area contributed by atoms with Crippen molar-refractivity contribution < 1.29 is 0 Å². The van der Waals surface area contributed by atoms with Gasteiger partial charge in [-0.05, 0) is 47.2 Å². The number of anilines is 2. The minimum atomic E-state index is 0.299. The Balaban J connectivity index is 2.97. The molecular formula is C15H31N5. The van der Waals surface area contributed by atoms with Gasteiger partial charge < -0.3 is 16.0 Å². The van der Waals surface area contributed by atoms with Gasteiger partial charge in [-0.15, -0.1) is 0 Å². The summed E-state index contributed by atoms with van der Waals surface area (Å²) in [6, 6.07) is 0.674. The van der Waals surface area contributed by atoms with Gasteiger partial charge in [0, 0.05) is 18.6 Å². The highest BCUT2D eigenvalue weighted by molar-refractivity contribution is 5.65. The Labute approximate surface area is 123 Å². The molecule has 0 aromatic carbocycles. The Morgan fingerprint density at radius 3 is 2.30 bits per heavy atom. The summed E-state index contributed by atoms with van der Waals surface area (Å²) < 4.78 is 1.99. The van der Waals surface area contributed by atoms with Crippen LogP contribution < -0.4 is 11.1 Å². The molecule has 0 aliphatic carbocycles. The molecule has 0 fully saturated rings. The third-order valence-corrected chi connectivity index (χ3v) is 3.30. The van der Waals surface area contributed by atoms with Gasteiger partial charge in [0.2, 0.25) is 0 Å². The molecule has 1 aromatic heterocycles. The average Bonchev–Trinajstić information content (AvgIpc) is 2.55. The van der Waals surface area contributed by atoms with Crippen molar-refractivity contribution in [2.45, 2.75) is 53.1 Å². The highest BCUT2D eigenvalue weighted by Crippen LogP contribution is 2.27. The van der Waals surface area contributed by atoms with Gasteiger partial charge in [0.25, 0.3) is 0 Å². The highest BCUT2D eigenvalue weighted by Gasteiger charge is 2.19. The molecule has 0 amide bonds. The Morgan fingerprint density at radius 2 is 1.85 bits per heavy atom. The number of aryl methyl sites for hydroxylation is 1. The molecule has 0 radical (unpaired) electrons. The zero-order valence-electron chi connectivity index (χ0n) is 14.1. The quantitative estimate of drug-likeness (QED) is 0.807. The van der Waals surface area contributed by atoms with Gasteiger partial charge in [-0.2, -0.15) is 5.10 Å². The van der Waals surface area contributed by atoms with Crippen molar-refractivity contribution >= 4 is 11.5 Å². The molecule has 1 aromatic rings. The molecular weight excluding hydrogens is 250 g/mol. The fourth-order valence-corrected chi connectivity index (χ4v) is 2.46. The number of aromatic nitrogens is 2. The van der Waals surface area contributed by atoms with Gasteiger partial charge in [-0.3, -0.25) is 0 Å². The normalized spacial score (nSPS) is 13.5. The third-order valence-electron chi connectivity index (χ3n) is 3.30. The summed E-state index contributed by atoms with van der Waals surface area (Å²) in [5.74, 6) is 1.61. The number of nitrogens with two attached hydrogens (primary N) is 1. The van der Waals surface area contributed by atoms with Crippen molar-refractivity contribution in [1.82, 2.24) is 14.7 Å². The Kier molecular flexibility index (Phi) is 5.87. The summed E-state index contributed by atoms with van der Waals surface area (Å²) in [5, 5.41) is 8.15. The summed E-state index contributed by atoms with van der Waals surface area (Å²) in [5.41, 5.74) is 7.86. The van der Waals surface area contributed by atoms with Crippen LogP contribution in [0.15, 0.2) is 0 Å². The van der Waals surface area contributed by atoms with Gasteiger partial charge >= 0.3 is 0 Å². The average molecular weight is 281 g/mol. The molecule has 1 heterocycles. The van der Waals surface area contributed by atoms with E-state index in [0.717, 1.165) is 30.2 Å². The number of nitrogens with zero attached hydrogens (tertiary/aromatic N) is 3. The topological polar surface area (TPSA) is 59.1 Å². The van der Waals surface area contributed by atoms with Crippen molar-refractivity contribution in [2.75, 3.05) is 31.7 Å². The number of nitrogens with one attached hydrogen (secondary N) is 1. The van der Waals surface area contributed by atoms with Gasteiger partial charge in [-0.1, -0.05) is 13.8 Å². The van der Waals surface area contributed by atoms with Gasteiger partial charge in [0.15, 0.2) is 0 Å². The van der Waals surface area contributed by atoms with E-state index in [4.69, 9.17) is 5.73 Å². The number of likely N-dealkylation sites (N-methyl/N-ethyl adjacent to an activating group) is 1. The zero-order chi connectivity index (χ0) is 15.4. The molecule has 0 aliphatic rings. The van der Waals surface area contributed by atoms with E-state index >= 15 is 0 Å². The van der Waals surface area contributed by atoms with Crippen LogP contribution in [0.1, 0.15) is 45.9 Å². The van der Waals surface area contributed by atoms with Crippen molar-refractivity contribution in [3.8, 4) is 0 Å². The number of hydrogen-bond acceptors (Lipinski definition) is 4. The fraction of sp³-hybridized carbons (Fsp3) is 0.800. The van der Waals surface area contributed by atoms with Gasteiger partial charge in [0.05, 0.1) is 11.4 Å². The molecule has 1 atom stereocenters. The minimum absolute atomic E-state index is 0.299. The second kappa shape index (κ2) is 6.97. The molecule has 1 unspecified atom stereocenters. The maximum atomic E-state index is 6.19. The molecule has 0 aliphatic heterocycles. The SMILES string of the molecule is Cc1nn(C(C)C)c(NC(CC(C)C)CN(C)C)c1N. The second-order valence-corrected chi connectivity index (χ2v) is 6.62. The lowest BCUT2D eigenvalue weighted by Gasteiger charge is -2.26.